The fourth-order valence-corrected chi connectivity index (χ4v) is 2.28. The van der Waals surface area contributed by atoms with Crippen LogP contribution in [0.4, 0.5) is 5.69 Å². The molecule has 2 heterocycles. The minimum absolute atomic E-state index is 0.226. The van der Waals surface area contributed by atoms with E-state index in [1.54, 1.807) is 24.3 Å². The number of hydrogen-bond donors (Lipinski definition) is 1. The lowest BCUT2D eigenvalue weighted by molar-refractivity contribution is -0.119. The topological polar surface area (TPSA) is 71.6 Å². The summed E-state index contributed by atoms with van der Waals surface area (Å²) < 4.78 is 0. The molecule has 0 saturated carbocycles. The Morgan fingerprint density at radius 3 is 2.75 bits per heavy atom. The number of amides is 1. The Bertz CT molecular complexity index is 681. The molecule has 1 aliphatic heterocycles. The van der Waals surface area contributed by atoms with E-state index in [2.05, 4.69) is 9.98 Å². The first-order chi connectivity index (χ1) is 9.68. The van der Waals surface area contributed by atoms with Gasteiger partial charge in [0.15, 0.2) is 6.17 Å². The normalized spacial score (nSPS) is 18.3. The highest BCUT2D eigenvalue weighted by molar-refractivity contribution is 6.19. The van der Waals surface area contributed by atoms with Gasteiger partial charge in [0.25, 0.3) is 5.91 Å². The van der Waals surface area contributed by atoms with Gasteiger partial charge in [-0.25, -0.2) is 0 Å². The molecule has 0 fully saturated rings. The Hall–Kier alpha value is -2.53. The third-order valence-corrected chi connectivity index (χ3v) is 3.31. The molecule has 1 amide bonds. The standard InChI is InChI=1S/C15H14N4O/c1-19-12-7-3-2-6-11(12)13(18-14(16)15(19)20)10-5-4-8-17-9-10/h2-9,14H,16H2,1H3. The molecule has 20 heavy (non-hydrogen) atoms. The quantitative estimate of drug-likeness (QED) is 0.842. The van der Waals surface area contributed by atoms with Crippen molar-refractivity contribution in [3.63, 3.8) is 0 Å². The second kappa shape index (κ2) is 4.86. The number of anilines is 1. The molecule has 1 aliphatic rings. The summed E-state index contributed by atoms with van der Waals surface area (Å²) >= 11 is 0. The summed E-state index contributed by atoms with van der Waals surface area (Å²) in [5.41, 5.74) is 9.09. The van der Waals surface area contributed by atoms with Crippen molar-refractivity contribution in [2.75, 3.05) is 11.9 Å². The number of benzene rings is 1. The first kappa shape index (κ1) is 12.5. The van der Waals surface area contributed by atoms with Crippen molar-refractivity contribution in [3.05, 3.63) is 59.9 Å². The molecule has 0 radical (unpaired) electrons. The van der Waals surface area contributed by atoms with Crippen molar-refractivity contribution < 1.29 is 4.79 Å². The minimum Gasteiger partial charge on any atom is -0.312 e. The van der Waals surface area contributed by atoms with E-state index in [1.807, 2.05) is 36.4 Å². The van der Waals surface area contributed by atoms with E-state index >= 15 is 0 Å². The van der Waals surface area contributed by atoms with Crippen molar-refractivity contribution in [1.82, 2.24) is 4.98 Å². The molecular weight excluding hydrogens is 252 g/mol. The molecule has 0 spiro atoms. The zero-order chi connectivity index (χ0) is 14.1. The van der Waals surface area contributed by atoms with Gasteiger partial charge in [-0.15, -0.1) is 0 Å². The molecule has 1 atom stereocenters. The molecule has 1 unspecified atom stereocenters. The van der Waals surface area contributed by atoms with Gasteiger partial charge in [-0.05, 0) is 18.2 Å². The van der Waals surface area contributed by atoms with Gasteiger partial charge in [-0.3, -0.25) is 14.8 Å². The van der Waals surface area contributed by atoms with Crippen molar-refractivity contribution in [1.29, 1.82) is 0 Å². The second-order valence-electron chi connectivity index (χ2n) is 4.58. The summed E-state index contributed by atoms with van der Waals surface area (Å²) in [5.74, 6) is -0.226. The molecule has 100 valence electrons. The van der Waals surface area contributed by atoms with Crippen LogP contribution < -0.4 is 10.6 Å². The zero-order valence-electron chi connectivity index (χ0n) is 11.0. The summed E-state index contributed by atoms with van der Waals surface area (Å²) in [6.07, 6.45) is 2.52. The molecule has 2 aromatic rings. The van der Waals surface area contributed by atoms with Crippen LogP contribution in [-0.4, -0.2) is 29.8 Å². The van der Waals surface area contributed by atoms with Gasteiger partial charge in [-0.1, -0.05) is 18.2 Å². The molecule has 2 N–H and O–H groups in total. The van der Waals surface area contributed by atoms with Crippen LogP contribution in [0.2, 0.25) is 0 Å². The largest absolute Gasteiger partial charge is 0.312 e. The maximum absolute atomic E-state index is 12.2. The predicted molar refractivity (Wildman–Crippen MR) is 77.7 cm³/mol. The monoisotopic (exact) mass is 266 g/mol. The van der Waals surface area contributed by atoms with Gasteiger partial charge in [0.05, 0.1) is 11.4 Å². The third kappa shape index (κ3) is 1.98. The number of nitrogens with zero attached hydrogens (tertiary/aromatic N) is 3. The van der Waals surface area contributed by atoms with E-state index in [1.165, 1.54) is 0 Å². The fourth-order valence-electron chi connectivity index (χ4n) is 2.28. The summed E-state index contributed by atoms with van der Waals surface area (Å²) in [7, 11) is 1.71. The number of pyridine rings is 1. The molecule has 3 rings (SSSR count). The zero-order valence-corrected chi connectivity index (χ0v) is 11.0. The van der Waals surface area contributed by atoms with E-state index in [0.29, 0.717) is 5.71 Å². The fraction of sp³-hybridized carbons (Fsp3) is 0.133. The van der Waals surface area contributed by atoms with E-state index < -0.39 is 6.17 Å². The minimum atomic E-state index is -0.900. The number of carbonyl (C=O) groups is 1. The van der Waals surface area contributed by atoms with E-state index in [-0.39, 0.29) is 5.91 Å². The molecule has 0 saturated heterocycles. The van der Waals surface area contributed by atoms with Gasteiger partial charge in [0, 0.05) is 30.6 Å². The number of aromatic nitrogens is 1. The highest BCUT2D eigenvalue weighted by atomic mass is 16.2. The number of rotatable bonds is 1. The second-order valence-corrected chi connectivity index (χ2v) is 4.58. The Morgan fingerprint density at radius 2 is 2.00 bits per heavy atom. The van der Waals surface area contributed by atoms with Gasteiger partial charge in [0.1, 0.15) is 0 Å². The highest BCUT2D eigenvalue weighted by Crippen LogP contribution is 2.26. The van der Waals surface area contributed by atoms with Gasteiger partial charge in [0.2, 0.25) is 0 Å². The van der Waals surface area contributed by atoms with Gasteiger partial charge >= 0.3 is 0 Å². The van der Waals surface area contributed by atoms with Crippen LogP contribution in [-0.2, 0) is 4.79 Å². The van der Waals surface area contributed by atoms with Crippen LogP contribution in [0.3, 0.4) is 0 Å². The number of fused-ring (bicyclic) bond motifs is 1. The average Bonchev–Trinajstić information content (AvgIpc) is 2.60. The maximum atomic E-state index is 12.2. The maximum Gasteiger partial charge on any atom is 0.266 e. The number of aliphatic imine (C=N–C) groups is 1. The number of hydrogen-bond acceptors (Lipinski definition) is 4. The summed E-state index contributed by atoms with van der Waals surface area (Å²) in [6, 6.07) is 11.4. The lowest BCUT2D eigenvalue weighted by atomic mass is 10.0. The Kier molecular flexibility index (Phi) is 3.04. The lowest BCUT2D eigenvalue weighted by Gasteiger charge is -2.18. The Balaban J connectivity index is 2.24. The van der Waals surface area contributed by atoms with Crippen LogP contribution in [0.15, 0.2) is 53.8 Å². The number of para-hydroxylation sites is 1. The van der Waals surface area contributed by atoms with Crippen LogP contribution in [0.1, 0.15) is 11.1 Å². The van der Waals surface area contributed by atoms with Crippen LogP contribution in [0, 0.1) is 0 Å². The number of likely N-dealkylation sites (N-methyl/N-ethyl adjacent to an activating group) is 1. The summed E-state index contributed by atoms with van der Waals surface area (Å²) in [5, 5.41) is 0. The first-order valence-corrected chi connectivity index (χ1v) is 6.29. The highest BCUT2D eigenvalue weighted by Gasteiger charge is 2.27. The van der Waals surface area contributed by atoms with E-state index in [0.717, 1.165) is 16.8 Å². The molecule has 5 heteroatoms. The first-order valence-electron chi connectivity index (χ1n) is 6.29. The lowest BCUT2D eigenvalue weighted by Crippen LogP contribution is -2.39. The molecule has 1 aromatic heterocycles. The molecule has 0 aliphatic carbocycles. The van der Waals surface area contributed by atoms with Crippen molar-refractivity contribution in [3.8, 4) is 0 Å². The molecule has 5 nitrogen and oxygen atoms in total. The number of carbonyl (C=O) groups excluding carboxylic acids is 1. The molecule has 1 aromatic carbocycles. The van der Waals surface area contributed by atoms with Crippen molar-refractivity contribution in [2.24, 2.45) is 10.7 Å². The van der Waals surface area contributed by atoms with Crippen molar-refractivity contribution in [2.45, 2.75) is 6.17 Å². The summed E-state index contributed by atoms with van der Waals surface area (Å²) in [4.78, 5) is 22.2. The predicted octanol–water partition coefficient (Wildman–Crippen LogP) is 1.18. The summed E-state index contributed by atoms with van der Waals surface area (Å²) in [6.45, 7) is 0. The number of benzodiazepines with no additional fused rings is 1. The Labute approximate surface area is 116 Å². The molecule has 0 bridgehead atoms. The van der Waals surface area contributed by atoms with Crippen LogP contribution in [0.5, 0.6) is 0 Å². The SMILES string of the molecule is CN1C(=O)C(N)N=C(c2cccnc2)c2ccccc21. The Morgan fingerprint density at radius 1 is 1.20 bits per heavy atom. The van der Waals surface area contributed by atoms with E-state index in [9.17, 15) is 4.79 Å². The smallest absolute Gasteiger partial charge is 0.266 e. The third-order valence-electron chi connectivity index (χ3n) is 3.31. The van der Waals surface area contributed by atoms with Crippen LogP contribution in [0.25, 0.3) is 0 Å². The number of nitrogens with two attached hydrogens (primary N) is 1. The van der Waals surface area contributed by atoms with Crippen molar-refractivity contribution >= 4 is 17.3 Å². The average molecular weight is 266 g/mol. The van der Waals surface area contributed by atoms with E-state index in [4.69, 9.17) is 5.73 Å². The van der Waals surface area contributed by atoms with Crippen LogP contribution >= 0.6 is 0 Å². The van der Waals surface area contributed by atoms with Gasteiger partial charge in [-0.2, -0.15) is 0 Å². The van der Waals surface area contributed by atoms with Gasteiger partial charge < -0.3 is 10.6 Å². The molecular formula is C15H14N4O.